The summed E-state index contributed by atoms with van der Waals surface area (Å²) in [4.78, 5) is 18.2. The third kappa shape index (κ3) is 3.73. The molecule has 0 aliphatic carbocycles. The Kier molecular flexibility index (Phi) is 4.47. The molecule has 0 amide bonds. The number of aliphatic carboxylic acids is 1. The maximum absolute atomic E-state index is 10.4. The molecule has 0 bridgehead atoms. The molecule has 1 aromatic carbocycles. The predicted molar refractivity (Wildman–Crippen MR) is 77.8 cm³/mol. The largest absolute Gasteiger partial charge is 0.481 e. The third-order valence-electron chi connectivity index (χ3n) is 3.10. The molecule has 0 aliphatic heterocycles. The molecule has 0 radical (unpaired) electrons. The summed E-state index contributed by atoms with van der Waals surface area (Å²) in [6.45, 7) is 4.18. The minimum Gasteiger partial charge on any atom is -0.481 e. The number of fused-ring (bicyclic) bond motifs is 1. The number of unbranched alkanes of at least 4 members (excludes halogenated alkanes) is 1. The van der Waals surface area contributed by atoms with Crippen LogP contribution in [0.1, 0.15) is 30.4 Å². The fraction of sp³-hybridized carbons (Fsp3) is 0.429. The van der Waals surface area contributed by atoms with Crippen LogP contribution in [-0.2, 0) is 4.79 Å². The second-order valence-corrected chi connectivity index (χ2v) is 5.78. The highest BCUT2D eigenvalue weighted by molar-refractivity contribution is 7.99. The van der Waals surface area contributed by atoms with Gasteiger partial charge in [-0.05, 0) is 49.9 Å². The molecule has 0 atom stereocenters. The Balaban J connectivity index is 1.92. The van der Waals surface area contributed by atoms with Crippen LogP contribution in [0.5, 0.6) is 0 Å². The smallest absolute Gasteiger partial charge is 0.303 e. The Bertz CT molecular complexity index is 553. The number of nitrogens with one attached hydrogen (secondary N) is 1. The summed E-state index contributed by atoms with van der Waals surface area (Å²) in [6.07, 6.45) is 1.87. The molecule has 1 aromatic heterocycles. The summed E-state index contributed by atoms with van der Waals surface area (Å²) in [6, 6.07) is 4.21. The van der Waals surface area contributed by atoms with E-state index >= 15 is 0 Å². The van der Waals surface area contributed by atoms with Crippen molar-refractivity contribution in [3.63, 3.8) is 0 Å². The van der Waals surface area contributed by atoms with Crippen molar-refractivity contribution in [2.24, 2.45) is 0 Å². The van der Waals surface area contributed by atoms with Crippen molar-refractivity contribution in [1.29, 1.82) is 0 Å². The highest BCUT2D eigenvalue weighted by atomic mass is 32.2. The lowest BCUT2D eigenvalue weighted by atomic mass is 10.1. The van der Waals surface area contributed by atoms with E-state index in [0.717, 1.165) is 34.8 Å². The van der Waals surface area contributed by atoms with Gasteiger partial charge in [0, 0.05) is 12.2 Å². The molecule has 1 heterocycles. The molecule has 0 saturated carbocycles. The van der Waals surface area contributed by atoms with Crippen molar-refractivity contribution in [3.05, 3.63) is 23.3 Å². The van der Waals surface area contributed by atoms with Crippen LogP contribution in [0.25, 0.3) is 11.0 Å². The first-order chi connectivity index (χ1) is 9.06. The normalized spacial score (nSPS) is 11.1. The van der Waals surface area contributed by atoms with Crippen molar-refractivity contribution in [3.8, 4) is 0 Å². The second-order valence-electron chi connectivity index (χ2n) is 4.69. The summed E-state index contributed by atoms with van der Waals surface area (Å²) in [5.74, 6) is 0.171. The molecule has 2 aromatic rings. The van der Waals surface area contributed by atoms with Gasteiger partial charge in [0.05, 0.1) is 11.0 Å². The summed E-state index contributed by atoms with van der Waals surface area (Å²) in [5, 5.41) is 9.46. The average Bonchev–Trinajstić information content (AvgIpc) is 2.71. The lowest BCUT2D eigenvalue weighted by Crippen LogP contribution is -1.94. The van der Waals surface area contributed by atoms with Crippen LogP contribution in [0.3, 0.4) is 0 Å². The summed E-state index contributed by atoms with van der Waals surface area (Å²) >= 11 is 1.65. The van der Waals surface area contributed by atoms with Crippen LogP contribution in [0.2, 0.25) is 0 Å². The second kappa shape index (κ2) is 6.10. The standard InChI is InChI=1S/C14H18N2O2S/c1-9-7-11-12(8-10(9)2)16-14(15-11)19-6-4-3-5-13(17)18/h7-8H,3-6H2,1-2H3,(H,15,16)(H,17,18). The van der Waals surface area contributed by atoms with E-state index < -0.39 is 5.97 Å². The zero-order chi connectivity index (χ0) is 13.8. The van der Waals surface area contributed by atoms with Crippen LogP contribution in [0, 0.1) is 13.8 Å². The monoisotopic (exact) mass is 278 g/mol. The van der Waals surface area contributed by atoms with E-state index in [-0.39, 0.29) is 6.42 Å². The Hall–Kier alpha value is -1.49. The highest BCUT2D eigenvalue weighted by Gasteiger charge is 2.05. The molecular formula is C14H18N2O2S. The van der Waals surface area contributed by atoms with Gasteiger partial charge < -0.3 is 10.1 Å². The van der Waals surface area contributed by atoms with Gasteiger partial charge in [-0.2, -0.15) is 0 Å². The SMILES string of the molecule is Cc1cc2nc(SCCCCC(=O)O)[nH]c2cc1C. The molecule has 4 nitrogen and oxygen atoms in total. The first kappa shape index (κ1) is 13.9. The number of aryl methyl sites for hydroxylation is 2. The van der Waals surface area contributed by atoms with Crippen LogP contribution >= 0.6 is 11.8 Å². The van der Waals surface area contributed by atoms with E-state index in [1.165, 1.54) is 11.1 Å². The number of carboxylic acids is 1. The van der Waals surface area contributed by atoms with Gasteiger partial charge in [0.25, 0.3) is 0 Å². The number of nitrogens with zero attached hydrogens (tertiary/aromatic N) is 1. The number of H-pyrrole nitrogens is 1. The van der Waals surface area contributed by atoms with Crippen LogP contribution in [-0.4, -0.2) is 26.8 Å². The van der Waals surface area contributed by atoms with E-state index in [9.17, 15) is 4.79 Å². The number of aromatic nitrogens is 2. The van der Waals surface area contributed by atoms with Crippen molar-refractivity contribution >= 4 is 28.8 Å². The number of hydrogen-bond acceptors (Lipinski definition) is 3. The predicted octanol–water partition coefficient (Wildman–Crippen LogP) is 3.53. The Morgan fingerprint density at radius 3 is 2.79 bits per heavy atom. The van der Waals surface area contributed by atoms with Crippen molar-refractivity contribution < 1.29 is 9.90 Å². The zero-order valence-electron chi connectivity index (χ0n) is 11.2. The molecular weight excluding hydrogens is 260 g/mol. The Morgan fingerprint density at radius 1 is 1.32 bits per heavy atom. The number of aromatic amines is 1. The van der Waals surface area contributed by atoms with Crippen molar-refractivity contribution in [2.45, 2.75) is 38.3 Å². The van der Waals surface area contributed by atoms with Gasteiger partial charge in [0.1, 0.15) is 0 Å². The Morgan fingerprint density at radius 2 is 2.05 bits per heavy atom. The minimum absolute atomic E-state index is 0.249. The molecule has 0 fully saturated rings. The molecule has 19 heavy (non-hydrogen) atoms. The lowest BCUT2D eigenvalue weighted by molar-refractivity contribution is -0.137. The fourth-order valence-electron chi connectivity index (χ4n) is 1.86. The summed E-state index contributed by atoms with van der Waals surface area (Å²) in [5.41, 5.74) is 4.57. The molecule has 0 spiro atoms. The number of thioether (sulfide) groups is 1. The van der Waals surface area contributed by atoms with Gasteiger partial charge in [-0.25, -0.2) is 4.98 Å². The van der Waals surface area contributed by atoms with Gasteiger partial charge >= 0.3 is 5.97 Å². The van der Waals surface area contributed by atoms with Crippen molar-refractivity contribution in [2.75, 3.05) is 5.75 Å². The average molecular weight is 278 g/mol. The fourth-order valence-corrected chi connectivity index (χ4v) is 2.75. The van der Waals surface area contributed by atoms with Gasteiger partial charge in [0.15, 0.2) is 5.16 Å². The molecule has 0 saturated heterocycles. The molecule has 5 heteroatoms. The van der Waals surface area contributed by atoms with Crippen LogP contribution < -0.4 is 0 Å². The maximum atomic E-state index is 10.4. The van der Waals surface area contributed by atoms with Gasteiger partial charge in [0.2, 0.25) is 0 Å². The highest BCUT2D eigenvalue weighted by Crippen LogP contribution is 2.23. The first-order valence-electron chi connectivity index (χ1n) is 6.38. The minimum atomic E-state index is -0.723. The zero-order valence-corrected chi connectivity index (χ0v) is 12.0. The molecule has 0 aliphatic rings. The number of rotatable bonds is 6. The number of benzene rings is 1. The van der Waals surface area contributed by atoms with E-state index in [4.69, 9.17) is 5.11 Å². The summed E-state index contributed by atoms with van der Waals surface area (Å²) in [7, 11) is 0. The maximum Gasteiger partial charge on any atom is 0.303 e. The summed E-state index contributed by atoms with van der Waals surface area (Å²) < 4.78 is 0. The molecule has 102 valence electrons. The van der Waals surface area contributed by atoms with Crippen LogP contribution in [0.15, 0.2) is 17.3 Å². The van der Waals surface area contributed by atoms with E-state index in [0.29, 0.717) is 0 Å². The quantitative estimate of drug-likeness (QED) is 0.626. The topological polar surface area (TPSA) is 66.0 Å². The third-order valence-corrected chi connectivity index (χ3v) is 4.06. The van der Waals surface area contributed by atoms with Gasteiger partial charge in [-0.1, -0.05) is 11.8 Å². The first-order valence-corrected chi connectivity index (χ1v) is 7.36. The number of carboxylic acid groups (broad SMARTS) is 1. The molecule has 2 N–H and O–H groups in total. The lowest BCUT2D eigenvalue weighted by Gasteiger charge is -1.97. The number of imidazole rings is 1. The number of hydrogen-bond donors (Lipinski definition) is 2. The van der Waals surface area contributed by atoms with Gasteiger partial charge in [-0.3, -0.25) is 4.79 Å². The van der Waals surface area contributed by atoms with E-state index in [1.807, 2.05) is 0 Å². The molecule has 0 unspecified atom stereocenters. The van der Waals surface area contributed by atoms with E-state index in [1.54, 1.807) is 11.8 Å². The number of carbonyl (C=O) groups is 1. The van der Waals surface area contributed by atoms with E-state index in [2.05, 4.69) is 35.9 Å². The van der Waals surface area contributed by atoms with Crippen molar-refractivity contribution in [1.82, 2.24) is 9.97 Å². The van der Waals surface area contributed by atoms with Gasteiger partial charge in [-0.15, -0.1) is 0 Å². The molecule has 2 rings (SSSR count). The van der Waals surface area contributed by atoms with Crippen LogP contribution in [0.4, 0.5) is 0 Å². The Labute approximate surface area is 116 Å².